The molecule has 0 bridgehead atoms. The van der Waals surface area contributed by atoms with Crippen molar-refractivity contribution in [2.45, 2.75) is 19.3 Å². The molecule has 1 aliphatic rings. The van der Waals surface area contributed by atoms with Crippen LogP contribution in [0.3, 0.4) is 0 Å². The quantitative estimate of drug-likeness (QED) is 0.541. The highest BCUT2D eigenvalue weighted by Gasteiger charge is 2.35. The van der Waals surface area contributed by atoms with E-state index in [0.717, 1.165) is 0 Å². The first-order valence-electron chi connectivity index (χ1n) is 7.22. The number of rotatable bonds is 0. The molecule has 0 spiro atoms. The van der Waals surface area contributed by atoms with Gasteiger partial charge in [-0.15, -0.1) is 0 Å². The zero-order chi connectivity index (χ0) is 13.9. The van der Waals surface area contributed by atoms with Crippen LogP contribution in [0.5, 0.6) is 0 Å². The van der Waals surface area contributed by atoms with E-state index in [1.165, 1.54) is 38.5 Å². The highest BCUT2D eigenvalue weighted by Crippen LogP contribution is 2.49. The molecule has 0 radical (unpaired) electrons. The molecule has 0 saturated heterocycles. The van der Waals surface area contributed by atoms with Crippen molar-refractivity contribution in [2.24, 2.45) is 0 Å². The Morgan fingerprint density at radius 1 is 0.750 bits per heavy atom. The largest absolute Gasteiger partial charge is 0.139 e. The van der Waals surface area contributed by atoms with Crippen molar-refractivity contribution < 1.29 is 0 Å². The van der Waals surface area contributed by atoms with Crippen LogP contribution in [0.25, 0.3) is 21.9 Å². The highest BCUT2D eigenvalue weighted by molar-refractivity contribution is 6.32. The monoisotopic (exact) mass is 256 g/mol. The van der Waals surface area contributed by atoms with E-state index in [1.807, 2.05) is 0 Å². The molecule has 0 aromatic heterocycles. The Kier molecular flexibility index (Phi) is 2.21. The summed E-state index contributed by atoms with van der Waals surface area (Å²) in [5.74, 6) is 0. The van der Waals surface area contributed by atoms with E-state index in [4.69, 9.17) is 0 Å². The Morgan fingerprint density at radius 2 is 1.40 bits per heavy atom. The van der Waals surface area contributed by atoms with E-state index in [0.29, 0.717) is 0 Å². The molecule has 0 saturated carbocycles. The number of hydrogen-bond acceptors (Lipinski definition) is 0. The van der Waals surface area contributed by atoms with Gasteiger partial charge in [-0.05, 0) is 45.2 Å². The lowest BCUT2D eigenvalue weighted by molar-refractivity contribution is 0.661. The summed E-state index contributed by atoms with van der Waals surface area (Å²) in [6.07, 6.45) is 0. The summed E-state index contributed by atoms with van der Waals surface area (Å²) < 4.78 is 0. The molecule has 0 nitrogen and oxygen atoms in total. The van der Waals surface area contributed by atoms with E-state index >= 15 is 0 Å². The van der Waals surface area contributed by atoms with Crippen LogP contribution in [0.1, 0.15) is 25.0 Å². The second-order valence-corrected chi connectivity index (χ2v) is 6.42. The molecule has 0 unspecified atom stereocenters. The molecule has 0 aliphatic heterocycles. The fourth-order valence-corrected chi connectivity index (χ4v) is 3.55. The first-order valence-corrected chi connectivity index (χ1v) is 7.22. The molecule has 20 heavy (non-hydrogen) atoms. The number of benzene rings is 3. The van der Waals surface area contributed by atoms with Gasteiger partial charge in [0.25, 0.3) is 0 Å². The minimum absolute atomic E-state index is 0.0996. The van der Waals surface area contributed by atoms with Gasteiger partial charge in [-0.2, -0.15) is 0 Å². The smallest absolute Gasteiger partial charge is 0.0883 e. The zero-order valence-electron chi connectivity index (χ0n) is 12.2. The normalized spacial score (nSPS) is 15.1. The van der Waals surface area contributed by atoms with Crippen molar-refractivity contribution >= 4 is 24.1 Å². The maximum Gasteiger partial charge on any atom is 0.139 e. The lowest BCUT2D eigenvalue weighted by Crippen LogP contribution is -2.15. The van der Waals surface area contributed by atoms with E-state index in [2.05, 4.69) is 76.3 Å². The van der Waals surface area contributed by atoms with Gasteiger partial charge >= 0.3 is 0 Å². The summed E-state index contributed by atoms with van der Waals surface area (Å²) in [5, 5.41) is 2.67. The van der Waals surface area contributed by atoms with Gasteiger partial charge < -0.3 is 0 Å². The predicted octanol–water partition coefficient (Wildman–Crippen LogP) is 3.40. The van der Waals surface area contributed by atoms with Crippen LogP contribution in [0.2, 0.25) is 0 Å². The zero-order valence-corrected chi connectivity index (χ0v) is 12.2. The fourth-order valence-electron chi connectivity index (χ4n) is 3.55. The maximum atomic E-state index is 2.38. The molecular formula is C19H17B. The summed E-state index contributed by atoms with van der Waals surface area (Å²) in [6.45, 7) is 4.67. The third-order valence-electron chi connectivity index (χ3n) is 4.70. The standard InChI is InChI=1S/C19H17B/c1-19(2)17-8-7-14(20)11-16(17)15-9-12-5-3-4-6-13(12)10-18(15)19/h3-11H,20H2,1-2H3. The average molecular weight is 256 g/mol. The summed E-state index contributed by atoms with van der Waals surface area (Å²) in [4.78, 5) is 0. The summed E-state index contributed by atoms with van der Waals surface area (Å²) in [6, 6.07) is 20.2. The van der Waals surface area contributed by atoms with Crippen molar-refractivity contribution in [3.63, 3.8) is 0 Å². The molecule has 1 aliphatic carbocycles. The predicted molar refractivity (Wildman–Crippen MR) is 89.7 cm³/mol. The number of fused-ring (bicyclic) bond motifs is 4. The van der Waals surface area contributed by atoms with Gasteiger partial charge in [0.1, 0.15) is 7.85 Å². The van der Waals surface area contributed by atoms with Crippen molar-refractivity contribution in [3.8, 4) is 11.1 Å². The molecule has 0 fully saturated rings. The summed E-state index contributed by atoms with van der Waals surface area (Å²) in [7, 11) is 2.17. The van der Waals surface area contributed by atoms with Crippen molar-refractivity contribution in [1.82, 2.24) is 0 Å². The van der Waals surface area contributed by atoms with E-state index in [1.54, 1.807) is 0 Å². The van der Waals surface area contributed by atoms with Crippen LogP contribution in [-0.2, 0) is 5.41 Å². The Labute approximate surface area is 120 Å². The van der Waals surface area contributed by atoms with E-state index in [-0.39, 0.29) is 5.41 Å². The fraction of sp³-hybridized carbons (Fsp3) is 0.158. The van der Waals surface area contributed by atoms with E-state index in [9.17, 15) is 0 Å². The van der Waals surface area contributed by atoms with Crippen molar-refractivity contribution in [2.75, 3.05) is 0 Å². The lowest BCUT2D eigenvalue weighted by atomic mass is 9.81. The SMILES string of the molecule is Bc1ccc2c(c1)-c1cc3ccccc3cc1C2(C)C. The van der Waals surface area contributed by atoms with Crippen LogP contribution in [0, 0.1) is 0 Å². The average Bonchev–Trinajstić information content (AvgIpc) is 2.65. The molecular weight excluding hydrogens is 239 g/mol. The van der Waals surface area contributed by atoms with Gasteiger partial charge in [0.05, 0.1) is 0 Å². The third kappa shape index (κ3) is 1.44. The number of hydrogen-bond donors (Lipinski definition) is 0. The van der Waals surface area contributed by atoms with Gasteiger partial charge in [-0.1, -0.05) is 61.8 Å². The summed E-state index contributed by atoms with van der Waals surface area (Å²) >= 11 is 0. The van der Waals surface area contributed by atoms with Crippen LogP contribution < -0.4 is 5.46 Å². The Morgan fingerprint density at radius 3 is 2.15 bits per heavy atom. The van der Waals surface area contributed by atoms with Crippen molar-refractivity contribution in [3.05, 3.63) is 65.7 Å². The first kappa shape index (κ1) is 11.8. The lowest BCUT2D eigenvalue weighted by Gasteiger charge is -2.21. The molecule has 3 aromatic carbocycles. The Bertz CT molecular complexity index is 844. The second-order valence-electron chi connectivity index (χ2n) is 6.42. The van der Waals surface area contributed by atoms with Crippen LogP contribution in [0.15, 0.2) is 54.6 Å². The molecule has 0 N–H and O–H groups in total. The van der Waals surface area contributed by atoms with Crippen LogP contribution in [-0.4, -0.2) is 7.85 Å². The minimum atomic E-state index is 0.0996. The van der Waals surface area contributed by atoms with Crippen LogP contribution in [0.4, 0.5) is 0 Å². The topological polar surface area (TPSA) is 0 Å². The van der Waals surface area contributed by atoms with Gasteiger partial charge in [0.15, 0.2) is 0 Å². The third-order valence-corrected chi connectivity index (χ3v) is 4.70. The van der Waals surface area contributed by atoms with Gasteiger partial charge in [-0.25, -0.2) is 0 Å². The second kappa shape index (κ2) is 3.76. The molecule has 3 aromatic rings. The van der Waals surface area contributed by atoms with Gasteiger partial charge in [-0.3, -0.25) is 0 Å². The molecule has 4 rings (SSSR count). The van der Waals surface area contributed by atoms with Gasteiger partial charge in [0, 0.05) is 5.41 Å². The molecule has 0 atom stereocenters. The minimum Gasteiger partial charge on any atom is -0.0883 e. The van der Waals surface area contributed by atoms with Crippen LogP contribution >= 0.6 is 0 Å². The van der Waals surface area contributed by atoms with E-state index < -0.39 is 0 Å². The molecule has 96 valence electrons. The summed E-state index contributed by atoms with van der Waals surface area (Å²) in [5.41, 5.74) is 7.16. The van der Waals surface area contributed by atoms with Gasteiger partial charge in [0.2, 0.25) is 0 Å². The van der Waals surface area contributed by atoms with Crippen molar-refractivity contribution in [1.29, 1.82) is 0 Å². The molecule has 1 heteroatoms. The Balaban J connectivity index is 2.13. The highest BCUT2D eigenvalue weighted by atomic mass is 14.4. The molecule has 0 heterocycles. The Hall–Kier alpha value is -2.02. The molecule has 0 amide bonds. The maximum absolute atomic E-state index is 2.38. The first-order chi connectivity index (χ1) is 9.57.